The molecular weight excluding hydrogens is 526 g/mol. The molecule has 0 fully saturated rings. The second-order valence-electron chi connectivity index (χ2n) is 8.48. The number of aryl methyl sites for hydroxylation is 2. The Morgan fingerprint density at radius 2 is 1.25 bits per heavy atom. The molecule has 0 aliphatic heterocycles. The Morgan fingerprint density at radius 3 is 1.70 bits per heavy atom. The highest BCUT2D eigenvalue weighted by Gasteiger charge is 2.41. The lowest BCUT2D eigenvalue weighted by Gasteiger charge is -2.23. The van der Waals surface area contributed by atoms with Gasteiger partial charge >= 0.3 is 17.9 Å². The number of carbonyl (C=O) groups is 5. The number of amides is 2. The number of nitrogens with zero attached hydrogens (tertiary/aromatic N) is 1. The van der Waals surface area contributed by atoms with Gasteiger partial charge in [0.2, 0.25) is 12.2 Å². The van der Waals surface area contributed by atoms with Gasteiger partial charge in [-0.05, 0) is 50.2 Å². The number of hydrazine groups is 1. The molecular formula is C27H23N3O10. The average Bonchev–Trinajstić information content (AvgIpc) is 2.93. The van der Waals surface area contributed by atoms with Crippen LogP contribution in [0.1, 0.15) is 42.2 Å². The smallest absolute Gasteiger partial charge is 0.349 e. The molecule has 0 radical (unpaired) electrons. The third kappa shape index (κ3) is 7.47. The maximum atomic E-state index is 13.0. The highest BCUT2D eigenvalue weighted by molar-refractivity contribution is 5.99. The number of esters is 2. The van der Waals surface area contributed by atoms with Gasteiger partial charge in [-0.2, -0.15) is 0 Å². The first-order chi connectivity index (χ1) is 19.0. The van der Waals surface area contributed by atoms with Crippen LogP contribution in [-0.2, 0) is 19.1 Å². The number of hydrogen-bond donors (Lipinski definition) is 3. The Morgan fingerprint density at radius 1 is 0.750 bits per heavy atom. The molecule has 3 aromatic carbocycles. The van der Waals surface area contributed by atoms with Gasteiger partial charge in [0.25, 0.3) is 17.5 Å². The van der Waals surface area contributed by atoms with Gasteiger partial charge in [0, 0.05) is 17.7 Å². The molecule has 206 valence electrons. The molecule has 40 heavy (non-hydrogen) atoms. The molecule has 3 rings (SSSR count). The van der Waals surface area contributed by atoms with Crippen molar-refractivity contribution in [3.05, 3.63) is 111 Å². The molecule has 0 bridgehead atoms. The van der Waals surface area contributed by atoms with Gasteiger partial charge in [-0.25, -0.2) is 14.4 Å². The first-order valence-electron chi connectivity index (χ1n) is 11.6. The molecule has 0 saturated heterocycles. The number of ether oxygens (including phenoxy) is 2. The number of benzene rings is 3. The Hall–Kier alpha value is -5.59. The Bertz CT molecular complexity index is 1470. The SMILES string of the molecule is Cc1cccc(C(=O)O[C@@H](C(=O)O)[C@@H](OC(=O)c2cccc(C)c2)C(=O)NNC(=O)c2ccc([N+](=O)[O-])cc2)c1. The molecule has 0 saturated carbocycles. The van der Waals surface area contributed by atoms with E-state index in [1.165, 1.54) is 36.4 Å². The fourth-order valence-electron chi connectivity index (χ4n) is 3.40. The standard InChI is InChI=1S/C27H23N3O10/c1-15-5-3-7-18(13-15)26(35)39-21(22(25(33)34)40-27(36)19-8-4-6-16(2)14-19)24(32)29-28-23(31)17-9-11-20(12-10-17)30(37)38/h3-14,21-22H,1-2H3,(H,28,31)(H,29,32)(H,33,34)/t21-,22-/m1/s1. The van der Waals surface area contributed by atoms with Gasteiger partial charge in [0.15, 0.2) is 0 Å². The molecule has 0 aromatic heterocycles. The summed E-state index contributed by atoms with van der Waals surface area (Å²) in [6.45, 7) is 3.39. The van der Waals surface area contributed by atoms with E-state index in [9.17, 15) is 39.2 Å². The lowest BCUT2D eigenvalue weighted by atomic mass is 10.1. The third-order valence-corrected chi connectivity index (χ3v) is 5.39. The van der Waals surface area contributed by atoms with Crippen LogP contribution < -0.4 is 10.9 Å². The zero-order chi connectivity index (χ0) is 29.4. The summed E-state index contributed by atoms with van der Waals surface area (Å²) >= 11 is 0. The second kappa shape index (κ2) is 12.8. The minimum atomic E-state index is -2.31. The van der Waals surface area contributed by atoms with E-state index in [0.717, 1.165) is 24.3 Å². The number of rotatable bonds is 9. The third-order valence-electron chi connectivity index (χ3n) is 5.39. The van der Waals surface area contributed by atoms with E-state index in [4.69, 9.17) is 9.47 Å². The van der Waals surface area contributed by atoms with Crippen molar-refractivity contribution in [2.75, 3.05) is 0 Å². The topological polar surface area (TPSA) is 191 Å². The van der Waals surface area contributed by atoms with E-state index in [0.29, 0.717) is 11.1 Å². The summed E-state index contributed by atoms with van der Waals surface area (Å²) in [6.07, 6.45) is -4.55. The molecule has 0 aliphatic rings. The number of carbonyl (C=O) groups excluding carboxylic acids is 4. The maximum Gasteiger partial charge on any atom is 0.349 e. The molecule has 13 heteroatoms. The molecule has 2 atom stereocenters. The van der Waals surface area contributed by atoms with Gasteiger partial charge in [0.05, 0.1) is 16.1 Å². The van der Waals surface area contributed by atoms with Crippen LogP contribution in [0.5, 0.6) is 0 Å². The van der Waals surface area contributed by atoms with E-state index in [2.05, 4.69) is 0 Å². The van der Waals surface area contributed by atoms with Crippen LogP contribution in [0.3, 0.4) is 0 Å². The van der Waals surface area contributed by atoms with E-state index < -0.39 is 46.9 Å². The van der Waals surface area contributed by atoms with Gasteiger partial charge in [-0.1, -0.05) is 35.4 Å². The number of carboxylic acid groups (broad SMARTS) is 1. The quantitative estimate of drug-likeness (QED) is 0.203. The van der Waals surface area contributed by atoms with E-state index >= 15 is 0 Å². The fourth-order valence-corrected chi connectivity index (χ4v) is 3.40. The van der Waals surface area contributed by atoms with Crippen molar-refractivity contribution in [3.63, 3.8) is 0 Å². The first-order valence-corrected chi connectivity index (χ1v) is 11.6. The van der Waals surface area contributed by atoms with Gasteiger partial charge in [-0.3, -0.25) is 30.6 Å². The summed E-state index contributed by atoms with van der Waals surface area (Å²) in [4.78, 5) is 73.2. The maximum absolute atomic E-state index is 13.0. The summed E-state index contributed by atoms with van der Waals surface area (Å²) in [6, 6.07) is 16.4. The molecule has 3 N–H and O–H groups in total. The van der Waals surface area contributed by atoms with Crippen LogP contribution in [0.25, 0.3) is 0 Å². The fraction of sp³-hybridized carbons (Fsp3) is 0.148. The normalized spacial score (nSPS) is 11.8. The van der Waals surface area contributed by atoms with Crippen molar-refractivity contribution in [1.29, 1.82) is 0 Å². The van der Waals surface area contributed by atoms with Gasteiger partial charge in [-0.15, -0.1) is 0 Å². The predicted molar refractivity (Wildman–Crippen MR) is 137 cm³/mol. The Balaban J connectivity index is 1.84. The first kappa shape index (κ1) is 29.0. The summed E-state index contributed by atoms with van der Waals surface area (Å²) < 4.78 is 10.3. The van der Waals surface area contributed by atoms with Crippen molar-refractivity contribution in [3.8, 4) is 0 Å². The Labute approximate surface area is 226 Å². The summed E-state index contributed by atoms with van der Waals surface area (Å²) in [5.74, 6) is -6.25. The van der Waals surface area contributed by atoms with Crippen LogP contribution in [0.4, 0.5) is 5.69 Å². The predicted octanol–water partition coefficient (Wildman–Crippen LogP) is 2.51. The highest BCUT2D eigenvalue weighted by atomic mass is 16.6. The van der Waals surface area contributed by atoms with Crippen LogP contribution in [0.15, 0.2) is 72.8 Å². The monoisotopic (exact) mass is 549 g/mol. The summed E-state index contributed by atoms with van der Waals surface area (Å²) in [5.41, 5.74) is 4.91. The van der Waals surface area contributed by atoms with Crippen LogP contribution in [0, 0.1) is 24.0 Å². The molecule has 13 nitrogen and oxygen atoms in total. The van der Waals surface area contributed by atoms with Gasteiger partial charge < -0.3 is 14.6 Å². The molecule has 2 amide bonds. The minimum absolute atomic E-state index is 0.0121. The number of carboxylic acids is 1. The molecule has 0 spiro atoms. The number of non-ortho nitro benzene ring substituents is 1. The van der Waals surface area contributed by atoms with Crippen molar-refractivity contribution in [2.45, 2.75) is 26.1 Å². The zero-order valence-electron chi connectivity index (χ0n) is 21.2. The number of hydrogen-bond acceptors (Lipinski definition) is 9. The molecule has 0 unspecified atom stereocenters. The van der Waals surface area contributed by atoms with E-state index in [1.54, 1.807) is 26.0 Å². The van der Waals surface area contributed by atoms with Crippen molar-refractivity contribution >= 4 is 35.4 Å². The Kier molecular flexibility index (Phi) is 9.25. The summed E-state index contributed by atoms with van der Waals surface area (Å²) in [7, 11) is 0. The number of nitro groups is 1. The second-order valence-corrected chi connectivity index (χ2v) is 8.48. The lowest BCUT2D eigenvalue weighted by molar-refractivity contribution is -0.384. The van der Waals surface area contributed by atoms with Crippen molar-refractivity contribution < 1.29 is 43.5 Å². The lowest BCUT2D eigenvalue weighted by Crippen LogP contribution is -2.54. The molecule has 0 heterocycles. The summed E-state index contributed by atoms with van der Waals surface area (Å²) in [5, 5.41) is 20.6. The number of nitro benzene ring substituents is 1. The minimum Gasteiger partial charge on any atom is -0.478 e. The molecule has 3 aromatic rings. The molecule has 0 aliphatic carbocycles. The highest BCUT2D eigenvalue weighted by Crippen LogP contribution is 2.15. The number of aliphatic carboxylic acids is 1. The van der Waals surface area contributed by atoms with E-state index in [-0.39, 0.29) is 22.4 Å². The van der Waals surface area contributed by atoms with E-state index in [1.807, 2.05) is 10.9 Å². The number of nitrogens with one attached hydrogen (secondary N) is 2. The zero-order valence-corrected chi connectivity index (χ0v) is 21.2. The average molecular weight is 549 g/mol. The van der Waals surface area contributed by atoms with Gasteiger partial charge in [0.1, 0.15) is 0 Å². The van der Waals surface area contributed by atoms with Crippen LogP contribution in [0.2, 0.25) is 0 Å². The van der Waals surface area contributed by atoms with Crippen molar-refractivity contribution in [2.24, 2.45) is 0 Å². The van der Waals surface area contributed by atoms with Crippen LogP contribution >= 0.6 is 0 Å². The van der Waals surface area contributed by atoms with Crippen LogP contribution in [-0.4, -0.2) is 52.0 Å². The largest absolute Gasteiger partial charge is 0.478 e. The van der Waals surface area contributed by atoms with Crippen molar-refractivity contribution in [1.82, 2.24) is 10.9 Å².